The Morgan fingerprint density at radius 2 is 1.38 bits per heavy atom. The summed E-state index contributed by atoms with van der Waals surface area (Å²) in [6, 6.07) is 10.2. The van der Waals surface area contributed by atoms with Gasteiger partial charge in [-0.25, -0.2) is 0 Å². The fourth-order valence-corrected chi connectivity index (χ4v) is 4.41. The van der Waals surface area contributed by atoms with Gasteiger partial charge in [-0.2, -0.15) is 0 Å². The van der Waals surface area contributed by atoms with Crippen molar-refractivity contribution in [3.63, 3.8) is 0 Å². The first kappa shape index (κ1) is 30.1. The number of nitrogens with zero attached hydrogens (tertiary/aromatic N) is 2. The zero-order chi connectivity index (χ0) is 25.8. The summed E-state index contributed by atoms with van der Waals surface area (Å²) in [6.07, 6.45) is 11.6. The molecule has 0 atom stereocenters. The number of benzene rings is 1. The Balaban J connectivity index is 0.00000481. The van der Waals surface area contributed by atoms with Gasteiger partial charge in [-0.3, -0.25) is 24.1 Å². The van der Waals surface area contributed by atoms with E-state index in [1.165, 1.54) is 41.2 Å². The highest BCUT2D eigenvalue weighted by Crippen LogP contribution is 2.23. The lowest BCUT2D eigenvalue weighted by Crippen LogP contribution is -2.30. The minimum Gasteiger partial charge on any atom is -0.465 e. The van der Waals surface area contributed by atoms with Gasteiger partial charge in [-0.1, -0.05) is 57.1 Å². The van der Waals surface area contributed by atoms with Crippen molar-refractivity contribution in [2.24, 2.45) is 0 Å². The number of imide groups is 1. The quantitative estimate of drug-likeness (QED) is 0.185. The number of hydrogen-bond donors (Lipinski definition) is 1. The molecule has 9 heteroatoms. The molecule has 0 bridgehead atoms. The molecule has 0 saturated carbocycles. The van der Waals surface area contributed by atoms with Crippen LogP contribution in [0.3, 0.4) is 0 Å². The SMILES string of the molecule is CCOC(=O)Cn1cc(NCCCCCCCCCCCN2C(=O)c3ccccc3C2=O)ccc1=O.Cl. The number of nitrogens with one attached hydrogen (secondary N) is 1. The molecule has 0 radical (unpaired) electrons. The number of aromatic nitrogens is 1. The number of esters is 1. The molecule has 0 spiro atoms. The van der Waals surface area contributed by atoms with E-state index in [0.717, 1.165) is 44.3 Å². The van der Waals surface area contributed by atoms with Gasteiger partial charge in [0.1, 0.15) is 6.54 Å². The Morgan fingerprint density at radius 1 is 0.811 bits per heavy atom. The predicted molar refractivity (Wildman–Crippen MR) is 146 cm³/mol. The minimum atomic E-state index is -0.417. The van der Waals surface area contributed by atoms with E-state index < -0.39 is 5.97 Å². The number of halogens is 1. The molecule has 0 aliphatic carbocycles. The van der Waals surface area contributed by atoms with Crippen LogP contribution in [-0.4, -0.2) is 46.9 Å². The van der Waals surface area contributed by atoms with E-state index in [9.17, 15) is 19.2 Å². The van der Waals surface area contributed by atoms with Crippen LogP contribution in [0, 0.1) is 0 Å². The van der Waals surface area contributed by atoms with E-state index in [0.29, 0.717) is 24.3 Å². The van der Waals surface area contributed by atoms with E-state index in [1.807, 2.05) is 0 Å². The Hall–Kier alpha value is -3.13. The third-order valence-electron chi connectivity index (χ3n) is 6.35. The Morgan fingerprint density at radius 3 is 1.97 bits per heavy atom. The number of anilines is 1. The first-order chi connectivity index (χ1) is 17.5. The Kier molecular flexibility index (Phi) is 12.9. The molecule has 0 saturated heterocycles. The van der Waals surface area contributed by atoms with E-state index in [4.69, 9.17) is 4.74 Å². The number of rotatable bonds is 16. The molecule has 2 aromatic rings. The van der Waals surface area contributed by atoms with Crippen molar-refractivity contribution in [1.82, 2.24) is 9.47 Å². The molecule has 0 fully saturated rings. The molecular weight excluding hydrogens is 494 g/mol. The zero-order valence-corrected chi connectivity index (χ0v) is 22.4. The van der Waals surface area contributed by atoms with Gasteiger partial charge in [-0.05, 0) is 38.0 Å². The van der Waals surface area contributed by atoms with Gasteiger partial charge < -0.3 is 14.6 Å². The van der Waals surface area contributed by atoms with Crippen LogP contribution in [-0.2, 0) is 16.1 Å². The van der Waals surface area contributed by atoms with Gasteiger partial charge >= 0.3 is 5.97 Å². The summed E-state index contributed by atoms with van der Waals surface area (Å²) in [4.78, 5) is 49.6. The second-order valence-electron chi connectivity index (χ2n) is 9.11. The number of pyridine rings is 1. The lowest BCUT2D eigenvalue weighted by Gasteiger charge is -2.13. The normalized spacial score (nSPS) is 12.3. The van der Waals surface area contributed by atoms with Crippen LogP contribution in [0.4, 0.5) is 5.69 Å². The van der Waals surface area contributed by atoms with E-state index in [1.54, 1.807) is 43.5 Å². The molecule has 1 aromatic carbocycles. The van der Waals surface area contributed by atoms with Crippen LogP contribution >= 0.6 is 12.4 Å². The van der Waals surface area contributed by atoms with Crippen molar-refractivity contribution >= 4 is 35.9 Å². The summed E-state index contributed by atoms with van der Waals surface area (Å²) < 4.78 is 6.27. The Bertz CT molecular complexity index is 1070. The number of hydrogen-bond acceptors (Lipinski definition) is 6. The second kappa shape index (κ2) is 15.9. The fraction of sp³-hybridized carbons (Fsp3) is 0.500. The molecule has 37 heavy (non-hydrogen) atoms. The van der Waals surface area contributed by atoms with Gasteiger partial charge in [0, 0.05) is 25.4 Å². The maximum Gasteiger partial charge on any atom is 0.326 e. The van der Waals surface area contributed by atoms with Crippen LogP contribution < -0.4 is 10.9 Å². The van der Waals surface area contributed by atoms with Crippen LogP contribution in [0.5, 0.6) is 0 Å². The van der Waals surface area contributed by atoms with Gasteiger partial charge in [0.05, 0.1) is 23.4 Å². The Labute approximate surface area is 224 Å². The van der Waals surface area contributed by atoms with Crippen LogP contribution in [0.2, 0.25) is 0 Å². The number of amides is 2. The third kappa shape index (κ3) is 9.04. The van der Waals surface area contributed by atoms with Crippen LogP contribution in [0.25, 0.3) is 0 Å². The predicted octanol–water partition coefficient (Wildman–Crippen LogP) is 5.05. The summed E-state index contributed by atoms with van der Waals surface area (Å²) in [5.41, 5.74) is 1.64. The molecule has 1 N–H and O–H groups in total. The monoisotopic (exact) mass is 531 g/mol. The van der Waals surface area contributed by atoms with Gasteiger partial charge in [-0.15, -0.1) is 12.4 Å². The molecular formula is C28H38ClN3O5. The van der Waals surface area contributed by atoms with Crippen molar-refractivity contribution in [2.75, 3.05) is 25.0 Å². The third-order valence-corrected chi connectivity index (χ3v) is 6.35. The van der Waals surface area contributed by atoms with E-state index in [-0.39, 0.29) is 36.3 Å². The second-order valence-corrected chi connectivity index (χ2v) is 9.11. The number of unbranched alkanes of at least 4 members (excludes halogenated alkanes) is 8. The average Bonchev–Trinajstić information content (AvgIpc) is 3.11. The summed E-state index contributed by atoms with van der Waals surface area (Å²) in [7, 11) is 0. The standard InChI is InChI=1S/C28H37N3O5.ClH/c1-2-36-26(33)21-30-20-22(16-17-25(30)32)29-18-12-8-6-4-3-5-7-9-13-19-31-27(34)23-14-10-11-15-24(23)28(31)35;/h10-11,14-17,20,29H,2-9,12-13,18-19,21H2,1H3;1H. The molecule has 0 unspecified atom stereocenters. The number of fused-ring (bicyclic) bond motifs is 1. The maximum atomic E-state index is 12.4. The van der Waals surface area contributed by atoms with Crippen molar-refractivity contribution in [3.05, 3.63) is 64.1 Å². The molecule has 2 heterocycles. The van der Waals surface area contributed by atoms with E-state index >= 15 is 0 Å². The van der Waals surface area contributed by atoms with Crippen molar-refractivity contribution in [2.45, 2.75) is 71.3 Å². The first-order valence-electron chi connectivity index (χ1n) is 13.1. The van der Waals surface area contributed by atoms with Gasteiger partial charge in [0.2, 0.25) is 0 Å². The lowest BCUT2D eigenvalue weighted by molar-refractivity contribution is -0.143. The number of ether oxygens (including phenoxy) is 1. The van der Waals surface area contributed by atoms with Crippen molar-refractivity contribution in [1.29, 1.82) is 0 Å². The number of carbonyl (C=O) groups excluding carboxylic acids is 3. The summed E-state index contributed by atoms with van der Waals surface area (Å²) in [6.45, 7) is 3.27. The largest absolute Gasteiger partial charge is 0.465 e. The average molecular weight is 532 g/mol. The smallest absolute Gasteiger partial charge is 0.326 e. The van der Waals surface area contributed by atoms with E-state index in [2.05, 4.69) is 5.32 Å². The molecule has 1 aliphatic rings. The number of carbonyl (C=O) groups is 3. The molecule has 2 amide bonds. The van der Waals surface area contributed by atoms with Gasteiger partial charge in [0.25, 0.3) is 17.4 Å². The maximum absolute atomic E-state index is 12.4. The highest BCUT2D eigenvalue weighted by Gasteiger charge is 2.34. The summed E-state index contributed by atoms with van der Waals surface area (Å²) in [5.74, 6) is -0.744. The fourth-order valence-electron chi connectivity index (χ4n) is 4.41. The lowest BCUT2D eigenvalue weighted by atomic mass is 10.1. The molecule has 3 rings (SSSR count). The molecule has 1 aromatic heterocycles. The molecule has 202 valence electrons. The molecule has 1 aliphatic heterocycles. The summed E-state index contributed by atoms with van der Waals surface area (Å²) >= 11 is 0. The zero-order valence-electron chi connectivity index (χ0n) is 21.6. The van der Waals surface area contributed by atoms with Gasteiger partial charge in [0.15, 0.2) is 0 Å². The highest BCUT2D eigenvalue weighted by atomic mass is 35.5. The topological polar surface area (TPSA) is 97.7 Å². The highest BCUT2D eigenvalue weighted by molar-refractivity contribution is 6.21. The van der Waals surface area contributed by atoms with Crippen molar-refractivity contribution < 1.29 is 19.1 Å². The van der Waals surface area contributed by atoms with Crippen LogP contribution in [0.15, 0.2) is 47.4 Å². The molecule has 8 nitrogen and oxygen atoms in total. The minimum absolute atomic E-state index is 0. The van der Waals surface area contributed by atoms with Crippen LogP contribution in [0.1, 0.15) is 85.4 Å². The first-order valence-corrected chi connectivity index (χ1v) is 13.1. The van der Waals surface area contributed by atoms with Crippen molar-refractivity contribution in [3.8, 4) is 0 Å². The summed E-state index contributed by atoms with van der Waals surface area (Å²) in [5, 5.41) is 3.31.